The van der Waals surface area contributed by atoms with Crippen LogP contribution < -0.4 is 10.6 Å². The van der Waals surface area contributed by atoms with E-state index in [1.54, 1.807) is 6.92 Å². The Labute approximate surface area is 124 Å². The van der Waals surface area contributed by atoms with Crippen molar-refractivity contribution in [2.75, 3.05) is 17.6 Å². The fraction of sp³-hybridized carbons (Fsp3) is 0.429. The van der Waals surface area contributed by atoms with E-state index >= 15 is 0 Å². The van der Waals surface area contributed by atoms with E-state index in [4.69, 9.17) is 12.2 Å². The normalized spacial score (nSPS) is 9.95. The fourth-order valence-electron chi connectivity index (χ4n) is 1.52. The van der Waals surface area contributed by atoms with Crippen LogP contribution >= 0.6 is 24.0 Å². The molecule has 0 atom stereocenters. The number of thiocarbonyl (C=S) groups is 1. The van der Waals surface area contributed by atoms with Crippen LogP contribution in [0.25, 0.3) is 0 Å². The van der Waals surface area contributed by atoms with Crippen LogP contribution in [0.3, 0.4) is 0 Å². The van der Waals surface area contributed by atoms with Crippen LogP contribution in [0.15, 0.2) is 30.3 Å². The molecule has 0 unspecified atom stereocenters. The second-order valence-corrected chi connectivity index (χ2v) is 5.83. The van der Waals surface area contributed by atoms with Crippen molar-refractivity contribution >= 4 is 39.9 Å². The third-order valence-electron chi connectivity index (χ3n) is 2.44. The van der Waals surface area contributed by atoms with Crippen molar-refractivity contribution in [1.29, 1.82) is 0 Å². The monoisotopic (exact) mass is 296 g/mol. The first-order valence-electron chi connectivity index (χ1n) is 6.42. The topological polar surface area (TPSA) is 41.1 Å². The highest BCUT2D eigenvalue weighted by Gasteiger charge is 1.97. The lowest BCUT2D eigenvalue weighted by Gasteiger charge is -2.10. The summed E-state index contributed by atoms with van der Waals surface area (Å²) in [4.78, 5) is 10.7. The van der Waals surface area contributed by atoms with Gasteiger partial charge in [0, 0.05) is 24.9 Å². The molecule has 0 saturated carbocycles. The molecule has 0 aliphatic rings. The minimum Gasteiger partial charge on any atom is -0.362 e. The Balaban J connectivity index is 2.00. The van der Waals surface area contributed by atoms with E-state index in [1.165, 1.54) is 11.8 Å². The zero-order chi connectivity index (χ0) is 13.9. The number of thioether (sulfide) groups is 1. The van der Waals surface area contributed by atoms with E-state index in [2.05, 4.69) is 10.6 Å². The Kier molecular flexibility index (Phi) is 8.25. The number of benzene rings is 1. The van der Waals surface area contributed by atoms with Crippen LogP contribution in [0.2, 0.25) is 0 Å². The van der Waals surface area contributed by atoms with Crippen molar-refractivity contribution in [2.45, 2.75) is 26.2 Å². The molecule has 19 heavy (non-hydrogen) atoms. The van der Waals surface area contributed by atoms with Gasteiger partial charge in [0.25, 0.3) is 0 Å². The third-order valence-corrected chi connectivity index (χ3v) is 3.59. The Morgan fingerprint density at radius 3 is 2.63 bits per heavy atom. The van der Waals surface area contributed by atoms with Crippen LogP contribution in [0, 0.1) is 0 Å². The number of unbranched alkanes of at least 4 members (excludes halogenated alkanes) is 2. The maximum Gasteiger partial charge on any atom is 0.185 e. The van der Waals surface area contributed by atoms with Crippen molar-refractivity contribution in [1.82, 2.24) is 5.32 Å². The summed E-state index contributed by atoms with van der Waals surface area (Å²) in [6.07, 6.45) is 3.25. The van der Waals surface area contributed by atoms with Crippen LogP contribution in [-0.2, 0) is 4.79 Å². The lowest BCUT2D eigenvalue weighted by Crippen LogP contribution is -2.29. The molecule has 5 heteroatoms. The first-order valence-corrected chi connectivity index (χ1v) is 7.81. The molecular formula is C14H20N2OS2. The highest BCUT2D eigenvalue weighted by Crippen LogP contribution is 2.07. The van der Waals surface area contributed by atoms with Gasteiger partial charge in [-0.25, -0.2) is 0 Å². The molecule has 2 N–H and O–H groups in total. The van der Waals surface area contributed by atoms with Gasteiger partial charge in [0.15, 0.2) is 10.2 Å². The van der Waals surface area contributed by atoms with Gasteiger partial charge in [0.2, 0.25) is 0 Å². The quantitative estimate of drug-likeness (QED) is 0.596. The number of carbonyl (C=O) groups is 1. The largest absolute Gasteiger partial charge is 0.362 e. The molecule has 0 saturated heterocycles. The first kappa shape index (κ1) is 16.0. The van der Waals surface area contributed by atoms with Crippen molar-refractivity contribution in [2.24, 2.45) is 0 Å². The van der Waals surface area contributed by atoms with Crippen molar-refractivity contribution in [3.63, 3.8) is 0 Å². The Morgan fingerprint density at radius 2 is 1.95 bits per heavy atom. The molecule has 0 spiro atoms. The summed E-state index contributed by atoms with van der Waals surface area (Å²) in [7, 11) is 0. The number of anilines is 1. The Morgan fingerprint density at radius 1 is 1.21 bits per heavy atom. The maximum atomic E-state index is 10.7. The SMILES string of the molecule is CC(=O)SCCCCCNC(=S)Nc1ccccc1. The van der Waals surface area contributed by atoms with Gasteiger partial charge in [-0.3, -0.25) is 4.79 Å². The highest BCUT2D eigenvalue weighted by atomic mass is 32.2. The highest BCUT2D eigenvalue weighted by molar-refractivity contribution is 8.13. The molecule has 1 aromatic rings. The van der Waals surface area contributed by atoms with Crippen LogP contribution in [0.1, 0.15) is 26.2 Å². The summed E-state index contributed by atoms with van der Waals surface area (Å²) >= 11 is 6.60. The molecule has 104 valence electrons. The number of rotatable bonds is 7. The maximum absolute atomic E-state index is 10.7. The predicted molar refractivity (Wildman–Crippen MR) is 87.7 cm³/mol. The molecule has 1 aromatic carbocycles. The van der Waals surface area contributed by atoms with Gasteiger partial charge in [-0.2, -0.15) is 0 Å². The average molecular weight is 296 g/mol. The third kappa shape index (κ3) is 8.61. The molecular weight excluding hydrogens is 276 g/mol. The molecule has 0 aromatic heterocycles. The number of hydrogen-bond acceptors (Lipinski definition) is 3. The van der Waals surface area contributed by atoms with E-state index in [9.17, 15) is 4.79 Å². The number of para-hydroxylation sites is 1. The standard InChI is InChI=1S/C14H20N2OS2/c1-12(17)19-11-7-3-6-10-15-14(18)16-13-8-4-2-5-9-13/h2,4-5,8-9H,3,6-7,10-11H2,1H3,(H2,15,16,18). The molecule has 0 fully saturated rings. The lowest BCUT2D eigenvalue weighted by atomic mass is 10.2. The lowest BCUT2D eigenvalue weighted by molar-refractivity contribution is -0.109. The van der Waals surface area contributed by atoms with Gasteiger partial charge < -0.3 is 10.6 Å². The molecule has 0 radical (unpaired) electrons. The predicted octanol–water partition coefficient (Wildman–Crippen LogP) is 3.42. The van der Waals surface area contributed by atoms with Gasteiger partial charge in [-0.15, -0.1) is 0 Å². The molecule has 1 rings (SSSR count). The van der Waals surface area contributed by atoms with Crippen LogP contribution in [0.4, 0.5) is 5.69 Å². The molecule has 0 bridgehead atoms. The summed E-state index contributed by atoms with van der Waals surface area (Å²) in [5.41, 5.74) is 0.998. The van der Waals surface area contributed by atoms with Gasteiger partial charge in [0.1, 0.15) is 0 Å². The van der Waals surface area contributed by atoms with Crippen molar-refractivity contribution < 1.29 is 4.79 Å². The van der Waals surface area contributed by atoms with Crippen LogP contribution in [0.5, 0.6) is 0 Å². The van der Waals surface area contributed by atoms with E-state index < -0.39 is 0 Å². The summed E-state index contributed by atoms with van der Waals surface area (Å²) < 4.78 is 0. The van der Waals surface area contributed by atoms with E-state index in [0.717, 1.165) is 37.2 Å². The van der Waals surface area contributed by atoms with E-state index in [1.807, 2.05) is 30.3 Å². The van der Waals surface area contributed by atoms with Gasteiger partial charge in [-0.1, -0.05) is 36.4 Å². The Hall–Kier alpha value is -1.07. The summed E-state index contributed by atoms with van der Waals surface area (Å²) in [6, 6.07) is 9.87. The molecule has 3 nitrogen and oxygen atoms in total. The zero-order valence-electron chi connectivity index (χ0n) is 11.1. The van der Waals surface area contributed by atoms with Crippen molar-refractivity contribution in [3.05, 3.63) is 30.3 Å². The number of hydrogen-bond donors (Lipinski definition) is 2. The van der Waals surface area contributed by atoms with Gasteiger partial charge in [-0.05, 0) is 37.2 Å². The summed E-state index contributed by atoms with van der Waals surface area (Å²) in [5.74, 6) is 0.919. The Bertz CT molecular complexity index is 396. The van der Waals surface area contributed by atoms with Crippen LogP contribution in [-0.4, -0.2) is 22.5 Å². The average Bonchev–Trinajstić information content (AvgIpc) is 2.38. The molecule has 0 aliphatic heterocycles. The fourth-order valence-corrected chi connectivity index (χ4v) is 2.37. The minimum atomic E-state index is 0.200. The number of carbonyl (C=O) groups excluding carboxylic acids is 1. The van der Waals surface area contributed by atoms with Gasteiger partial charge in [0.05, 0.1) is 0 Å². The minimum absolute atomic E-state index is 0.200. The summed E-state index contributed by atoms with van der Waals surface area (Å²) in [6.45, 7) is 2.48. The van der Waals surface area contributed by atoms with E-state index in [0.29, 0.717) is 5.11 Å². The smallest absolute Gasteiger partial charge is 0.185 e. The molecule has 0 amide bonds. The van der Waals surface area contributed by atoms with Crippen molar-refractivity contribution in [3.8, 4) is 0 Å². The zero-order valence-corrected chi connectivity index (χ0v) is 12.8. The molecule has 0 heterocycles. The second-order valence-electron chi connectivity index (χ2n) is 4.15. The second kappa shape index (κ2) is 9.81. The molecule has 0 aliphatic carbocycles. The van der Waals surface area contributed by atoms with Gasteiger partial charge >= 0.3 is 0 Å². The van der Waals surface area contributed by atoms with E-state index in [-0.39, 0.29) is 5.12 Å². The number of nitrogens with one attached hydrogen (secondary N) is 2. The first-order chi connectivity index (χ1) is 9.18. The summed E-state index contributed by atoms with van der Waals surface area (Å²) in [5, 5.41) is 7.16.